The molecule has 1 saturated heterocycles. The molecule has 0 saturated carbocycles. The zero-order chi connectivity index (χ0) is 26.5. The number of pyridine rings is 1. The summed E-state index contributed by atoms with van der Waals surface area (Å²) in [5.74, 6) is -0.132. The monoisotopic (exact) mass is 514 g/mol. The van der Waals surface area contributed by atoms with Crippen LogP contribution in [0.5, 0.6) is 0 Å². The highest BCUT2D eigenvalue weighted by atomic mass is 35.5. The third-order valence-electron chi connectivity index (χ3n) is 5.14. The van der Waals surface area contributed by atoms with Gasteiger partial charge in [0.15, 0.2) is 0 Å². The minimum absolute atomic E-state index is 0.132. The molecule has 190 valence electrons. The van der Waals surface area contributed by atoms with Gasteiger partial charge in [-0.1, -0.05) is 22.9 Å². The number of fused-ring (bicyclic) bond motifs is 1. The Morgan fingerprint density at radius 2 is 1.75 bits per heavy atom. The van der Waals surface area contributed by atoms with Crippen molar-refractivity contribution in [2.75, 3.05) is 43.6 Å². The molecule has 36 heavy (non-hydrogen) atoms. The normalized spacial score (nSPS) is 12.3. The molecule has 0 amide bonds. The fourth-order valence-electron chi connectivity index (χ4n) is 3.51. The molecule has 1 aliphatic heterocycles. The molecule has 1 aliphatic rings. The topological polar surface area (TPSA) is 102 Å². The number of carbonyl (C=O) groups is 2. The zero-order valence-corrected chi connectivity index (χ0v) is 20.9. The molecule has 1 N–H and O–H groups in total. The van der Waals surface area contributed by atoms with Crippen molar-refractivity contribution in [3.05, 3.63) is 71.1 Å². The van der Waals surface area contributed by atoms with Crippen LogP contribution in [-0.2, 0) is 14.3 Å². The molecule has 2 aromatic carbocycles. The van der Waals surface area contributed by atoms with Gasteiger partial charge in [-0.25, -0.2) is 14.1 Å². The van der Waals surface area contributed by atoms with Crippen molar-refractivity contribution >= 4 is 47.7 Å². The Bertz CT molecular complexity index is 1250. The predicted molar refractivity (Wildman–Crippen MR) is 140 cm³/mol. The first-order valence-corrected chi connectivity index (χ1v) is 11.3. The van der Waals surface area contributed by atoms with Gasteiger partial charge in [0, 0.05) is 31.4 Å². The molecule has 11 heteroatoms. The molecule has 0 radical (unpaired) electrons. The molecular weight excluding hydrogens is 487 g/mol. The molecular formula is C25H28ClFN6O3. The molecule has 3 heterocycles. The van der Waals surface area contributed by atoms with Gasteiger partial charge in [-0.05, 0) is 55.0 Å². The Morgan fingerprint density at radius 1 is 1.03 bits per heavy atom. The number of aromatic nitrogens is 4. The average Bonchev–Trinajstić information content (AvgIpc) is 3.36. The number of morpholine rings is 1. The number of nitrogens with zero attached hydrogens (tertiary/aromatic N) is 5. The summed E-state index contributed by atoms with van der Waals surface area (Å²) >= 11 is 6.04. The van der Waals surface area contributed by atoms with Gasteiger partial charge in [-0.15, -0.1) is 5.10 Å². The number of hydrogen-bond donors (Lipinski definition) is 1. The number of halogens is 2. The zero-order valence-electron chi connectivity index (χ0n) is 20.2. The van der Waals surface area contributed by atoms with Gasteiger partial charge in [0.1, 0.15) is 24.9 Å². The summed E-state index contributed by atoms with van der Waals surface area (Å²) in [7, 11) is 1.85. The molecule has 9 nitrogen and oxygen atoms in total. The van der Waals surface area contributed by atoms with Crippen molar-refractivity contribution in [3.63, 3.8) is 0 Å². The molecule has 0 aliphatic carbocycles. The minimum atomic E-state index is -0.132. The van der Waals surface area contributed by atoms with Crippen LogP contribution in [0.25, 0.3) is 16.9 Å². The van der Waals surface area contributed by atoms with E-state index < -0.39 is 0 Å². The minimum Gasteiger partial charge on any atom is -0.386 e. The van der Waals surface area contributed by atoms with Crippen molar-refractivity contribution < 1.29 is 18.7 Å². The summed E-state index contributed by atoms with van der Waals surface area (Å²) in [6.45, 7) is 8.83. The SMILES string of the molecule is C=O.C=O.CNc1ccc(Cl)cc1-n1nnc2ncccc21.Cc1ccc(N2CCOCC2)c(F)c1. The van der Waals surface area contributed by atoms with E-state index in [2.05, 4.69) is 20.6 Å². The number of rotatable bonds is 3. The van der Waals surface area contributed by atoms with Gasteiger partial charge < -0.3 is 24.5 Å². The van der Waals surface area contributed by atoms with Gasteiger partial charge in [-0.2, -0.15) is 0 Å². The summed E-state index contributed by atoms with van der Waals surface area (Å²) in [4.78, 5) is 22.2. The van der Waals surface area contributed by atoms with E-state index in [9.17, 15) is 4.39 Å². The Hall–Kier alpha value is -3.89. The van der Waals surface area contributed by atoms with E-state index in [0.29, 0.717) is 29.6 Å². The molecule has 1 fully saturated rings. The number of aryl methyl sites for hydroxylation is 1. The van der Waals surface area contributed by atoms with E-state index in [1.807, 2.05) is 74.9 Å². The maximum absolute atomic E-state index is 13.6. The van der Waals surface area contributed by atoms with Gasteiger partial charge in [-0.3, -0.25) is 0 Å². The van der Waals surface area contributed by atoms with Crippen LogP contribution in [0.2, 0.25) is 5.02 Å². The Labute approximate surface area is 213 Å². The number of ether oxygens (including phenoxy) is 1. The van der Waals surface area contributed by atoms with Crippen LogP contribution in [0.4, 0.5) is 15.8 Å². The third kappa shape index (κ3) is 7.06. The number of hydrogen-bond acceptors (Lipinski definition) is 8. The summed E-state index contributed by atoms with van der Waals surface area (Å²) in [5.41, 5.74) is 4.88. The van der Waals surface area contributed by atoms with Crippen molar-refractivity contribution in [1.29, 1.82) is 0 Å². The molecule has 0 bridgehead atoms. The van der Waals surface area contributed by atoms with E-state index in [4.69, 9.17) is 25.9 Å². The molecule has 0 atom stereocenters. The summed E-state index contributed by atoms with van der Waals surface area (Å²) in [6, 6.07) is 14.7. The Balaban J connectivity index is 0.000000228. The molecule has 0 unspecified atom stereocenters. The van der Waals surface area contributed by atoms with Crippen LogP contribution in [0.3, 0.4) is 0 Å². The van der Waals surface area contributed by atoms with Crippen molar-refractivity contribution in [1.82, 2.24) is 20.0 Å². The first-order valence-electron chi connectivity index (χ1n) is 10.9. The van der Waals surface area contributed by atoms with Crippen molar-refractivity contribution in [2.24, 2.45) is 0 Å². The van der Waals surface area contributed by atoms with Gasteiger partial charge >= 0.3 is 0 Å². The van der Waals surface area contributed by atoms with Crippen LogP contribution < -0.4 is 10.2 Å². The quantitative estimate of drug-likeness (QED) is 0.436. The number of benzene rings is 2. The van der Waals surface area contributed by atoms with Crippen LogP contribution in [0.15, 0.2) is 54.7 Å². The summed E-state index contributed by atoms with van der Waals surface area (Å²) < 4.78 is 20.5. The molecule has 2 aromatic heterocycles. The van der Waals surface area contributed by atoms with E-state index in [-0.39, 0.29) is 5.82 Å². The predicted octanol–water partition coefficient (Wildman–Crippen LogP) is 4.11. The smallest absolute Gasteiger partial charge is 0.202 e. The fraction of sp³-hybridized carbons (Fsp3) is 0.240. The Kier molecular flexibility index (Phi) is 11.4. The van der Waals surface area contributed by atoms with Crippen molar-refractivity contribution in [2.45, 2.75) is 6.92 Å². The highest BCUT2D eigenvalue weighted by Gasteiger charge is 2.14. The first-order chi connectivity index (χ1) is 17.6. The van der Waals surface area contributed by atoms with Crippen LogP contribution in [0.1, 0.15) is 5.56 Å². The first kappa shape index (κ1) is 28.3. The number of nitrogens with one attached hydrogen (secondary N) is 1. The molecule has 5 rings (SSSR count). The number of carbonyl (C=O) groups excluding carboxylic acids is 2. The maximum atomic E-state index is 13.6. The fourth-order valence-corrected chi connectivity index (χ4v) is 3.67. The standard InChI is InChI=1S/C12H10ClN5.C11H14FNO.2CH2O/c1-14-9-5-4-8(13)7-11(9)18-10-3-2-6-15-12(10)16-17-18;1-9-2-3-11(10(12)8-9)13-4-6-14-7-5-13;2*1-2/h2-7,14H,1H3;2-3,8H,4-7H2,1H3;2*1H2. The highest BCUT2D eigenvalue weighted by molar-refractivity contribution is 6.30. The average molecular weight is 515 g/mol. The molecule has 4 aromatic rings. The number of anilines is 2. The van der Waals surface area contributed by atoms with E-state index in [1.54, 1.807) is 16.9 Å². The highest BCUT2D eigenvalue weighted by Crippen LogP contribution is 2.26. The van der Waals surface area contributed by atoms with E-state index >= 15 is 0 Å². The maximum Gasteiger partial charge on any atom is 0.202 e. The van der Waals surface area contributed by atoms with Crippen molar-refractivity contribution in [3.8, 4) is 5.69 Å². The lowest BCUT2D eigenvalue weighted by molar-refractivity contribution is -0.0987. The van der Waals surface area contributed by atoms with E-state index in [0.717, 1.165) is 35.5 Å². The second-order valence-corrected chi connectivity index (χ2v) is 7.75. The van der Waals surface area contributed by atoms with Gasteiger partial charge in [0.2, 0.25) is 5.65 Å². The second-order valence-electron chi connectivity index (χ2n) is 7.31. The third-order valence-corrected chi connectivity index (χ3v) is 5.37. The lowest BCUT2D eigenvalue weighted by Crippen LogP contribution is -2.36. The molecule has 0 spiro atoms. The van der Waals surface area contributed by atoms with E-state index in [1.165, 1.54) is 0 Å². The van der Waals surface area contributed by atoms with Gasteiger partial charge in [0.25, 0.3) is 0 Å². The largest absolute Gasteiger partial charge is 0.386 e. The van der Waals surface area contributed by atoms with Crippen LogP contribution >= 0.6 is 11.6 Å². The lowest BCUT2D eigenvalue weighted by Gasteiger charge is -2.29. The van der Waals surface area contributed by atoms with Crippen LogP contribution in [-0.4, -0.2) is 66.9 Å². The van der Waals surface area contributed by atoms with Crippen LogP contribution in [0, 0.1) is 12.7 Å². The summed E-state index contributed by atoms with van der Waals surface area (Å²) in [5, 5.41) is 11.9. The second kappa shape index (κ2) is 14.5. The Morgan fingerprint density at radius 3 is 2.42 bits per heavy atom. The lowest BCUT2D eigenvalue weighted by atomic mass is 10.2. The van der Waals surface area contributed by atoms with Gasteiger partial charge in [0.05, 0.1) is 30.3 Å². The summed E-state index contributed by atoms with van der Waals surface area (Å²) in [6.07, 6.45) is 1.69.